The highest BCUT2D eigenvalue weighted by molar-refractivity contribution is 5.78. The van der Waals surface area contributed by atoms with E-state index in [0.717, 1.165) is 12.1 Å². The van der Waals surface area contributed by atoms with Crippen molar-refractivity contribution < 1.29 is 23.0 Å². The summed E-state index contributed by atoms with van der Waals surface area (Å²) in [6.07, 6.45) is -0.0299. The molecule has 0 unspecified atom stereocenters. The summed E-state index contributed by atoms with van der Waals surface area (Å²) in [5.41, 5.74) is 0. The van der Waals surface area contributed by atoms with E-state index in [4.69, 9.17) is 9.47 Å². The van der Waals surface area contributed by atoms with Crippen LogP contribution in [0.4, 0.5) is 8.78 Å². The lowest BCUT2D eigenvalue weighted by atomic mass is 10.2. The standard InChI is InChI=1S/C14H17F2NO3/c1-9-7-19-10(2)6-17(9)14(18)8-20-13-4-3-11(15)5-12(13)16/h3-5,9-10H,6-8H2,1-2H3/t9-,10+/m0/s1. The third-order valence-corrected chi connectivity index (χ3v) is 3.17. The fourth-order valence-electron chi connectivity index (χ4n) is 2.07. The average molecular weight is 285 g/mol. The van der Waals surface area contributed by atoms with E-state index in [1.165, 1.54) is 6.07 Å². The molecule has 0 saturated carbocycles. The van der Waals surface area contributed by atoms with Gasteiger partial charge in [0.05, 0.1) is 18.8 Å². The van der Waals surface area contributed by atoms with Gasteiger partial charge in [0, 0.05) is 12.6 Å². The van der Waals surface area contributed by atoms with Crippen LogP contribution in [0, 0.1) is 11.6 Å². The molecule has 0 radical (unpaired) electrons. The van der Waals surface area contributed by atoms with Gasteiger partial charge >= 0.3 is 0 Å². The van der Waals surface area contributed by atoms with Crippen molar-refractivity contribution in [3.8, 4) is 5.75 Å². The Labute approximate surface area is 116 Å². The number of hydrogen-bond donors (Lipinski definition) is 0. The number of benzene rings is 1. The minimum absolute atomic E-state index is 0.0299. The highest BCUT2D eigenvalue weighted by Crippen LogP contribution is 2.18. The Balaban J connectivity index is 1.94. The minimum Gasteiger partial charge on any atom is -0.481 e. The van der Waals surface area contributed by atoms with E-state index < -0.39 is 11.6 Å². The van der Waals surface area contributed by atoms with Crippen LogP contribution in [0.2, 0.25) is 0 Å². The van der Waals surface area contributed by atoms with Crippen molar-refractivity contribution in [2.45, 2.75) is 26.0 Å². The summed E-state index contributed by atoms with van der Waals surface area (Å²) >= 11 is 0. The van der Waals surface area contributed by atoms with Crippen LogP contribution in [-0.4, -0.2) is 42.7 Å². The van der Waals surface area contributed by atoms with Crippen LogP contribution in [0.3, 0.4) is 0 Å². The van der Waals surface area contributed by atoms with Crippen molar-refractivity contribution in [3.63, 3.8) is 0 Å². The molecule has 1 saturated heterocycles. The van der Waals surface area contributed by atoms with Gasteiger partial charge in [-0.2, -0.15) is 0 Å². The SMILES string of the molecule is C[C@@H]1CN(C(=O)COc2ccc(F)cc2F)[C@@H](C)CO1. The van der Waals surface area contributed by atoms with Crippen LogP contribution in [0.1, 0.15) is 13.8 Å². The second kappa shape index (κ2) is 6.17. The predicted octanol–water partition coefficient (Wildman–Crippen LogP) is 1.98. The molecule has 1 aromatic rings. The number of morpholine rings is 1. The van der Waals surface area contributed by atoms with E-state index in [9.17, 15) is 13.6 Å². The highest BCUT2D eigenvalue weighted by atomic mass is 19.1. The van der Waals surface area contributed by atoms with E-state index in [1.54, 1.807) is 4.90 Å². The number of ether oxygens (including phenoxy) is 2. The van der Waals surface area contributed by atoms with Crippen LogP contribution < -0.4 is 4.74 Å². The molecule has 1 amide bonds. The molecule has 0 aliphatic carbocycles. The van der Waals surface area contributed by atoms with Crippen LogP contribution in [0.15, 0.2) is 18.2 Å². The van der Waals surface area contributed by atoms with Crippen molar-refractivity contribution in [3.05, 3.63) is 29.8 Å². The maximum atomic E-state index is 13.4. The summed E-state index contributed by atoms with van der Waals surface area (Å²) in [5.74, 6) is -1.87. The third kappa shape index (κ3) is 3.45. The van der Waals surface area contributed by atoms with Gasteiger partial charge in [0.2, 0.25) is 0 Å². The first-order valence-corrected chi connectivity index (χ1v) is 6.46. The normalized spacial score (nSPS) is 22.7. The van der Waals surface area contributed by atoms with E-state index in [1.807, 2.05) is 13.8 Å². The van der Waals surface area contributed by atoms with Crippen molar-refractivity contribution in [2.24, 2.45) is 0 Å². The smallest absolute Gasteiger partial charge is 0.260 e. The van der Waals surface area contributed by atoms with Crippen molar-refractivity contribution in [1.82, 2.24) is 4.90 Å². The van der Waals surface area contributed by atoms with Crippen LogP contribution >= 0.6 is 0 Å². The first-order chi connectivity index (χ1) is 9.47. The zero-order chi connectivity index (χ0) is 14.7. The molecular weight excluding hydrogens is 268 g/mol. The number of halogens is 2. The van der Waals surface area contributed by atoms with Crippen molar-refractivity contribution in [2.75, 3.05) is 19.8 Å². The number of rotatable bonds is 3. The van der Waals surface area contributed by atoms with Gasteiger partial charge in [0.1, 0.15) is 5.82 Å². The van der Waals surface area contributed by atoms with Crippen LogP contribution in [0.25, 0.3) is 0 Å². The summed E-state index contributed by atoms with van der Waals surface area (Å²) in [7, 11) is 0. The zero-order valence-corrected chi connectivity index (χ0v) is 11.4. The van der Waals surface area contributed by atoms with Crippen LogP contribution in [-0.2, 0) is 9.53 Å². The van der Waals surface area contributed by atoms with Crippen molar-refractivity contribution in [1.29, 1.82) is 0 Å². The molecule has 20 heavy (non-hydrogen) atoms. The van der Waals surface area contributed by atoms with E-state index >= 15 is 0 Å². The molecule has 2 atom stereocenters. The minimum atomic E-state index is -0.818. The molecule has 110 valence electrons. The maximum absolute atomic E-state index is 13.4. The summed E-state index contributed by atoms with van der Waals surface area (Å²) in [5, 5.41) is 0. The number of nitrogens with zero attached hydrogens (tertiary/aromatic N) is 1. The molecule has 6 heteroatoms. The summed E-state index contributed by atoms with van der Waals surface area (Å²) < 4.78 is 36.7. The Morgan fingerprint density at radius 2 is 2.20 bits per heavy atom. The maximum Gasteiger partial charge on any atom is 0.260 e. The number of hydrogen-bond acceptors (Lipinski definition) is 3. The van der Waals surface area contributed by atoms with Gasteiger partial charge in [-0.3, -0.25) is 4.79 Å². The predicted molar refractivity (Wildman–Crippen MR) is 68.4 cm³/mol. The zero-order valence-electron chi connectivity index (χ0n) is 11.4. The second-order valence-corrected chi connectivity index (χ2v) is 4.90. The Morgan fingerprint density at radius 3 is 2.90 bits per heavy atom. The molecule has 0 bridgehead atoms. The molecule has 1 aromatic carbocycles. The molecule has 4 nitrogen and oxygen atoms in total. The lowest BCUT2D eigenvalue weighted by molar-refractivity contribution is -0.145. The van der Waals surface area contributed by atoms with Gasteiger partial charge in [-0.05, 0) is 26.0 Å². The fourth-order valence-corrected chi connectivity index (χ4v) is 2.07. The van der Waals surface area contributed by atoms with Gasteiger partial charge in [-0.25, -0.2) is 8.78 Å². The summed E-state index contributed by atoms with van der Waals surface area (Å²) in [4.78, 5) is 13.7. The first kappa shape index (κ1) is 14.7. The molecule has 1 aliphatic rings. The molecule has 0 aromatic heterocycles. The molecule has 0 N–H and O–H groups in total. The molecule has 1 fully saturated rings. The molecular formula is C14H17F2NO3. The molecule has 1 aliphatic heterocycles. The van der Waals surface area contributed by atoms with Gasteiger partial charge in [0.25, 0.3) is 5.91 Å². The van der Waals surface area contributed by atoms with Crippen LogP contribution in [0.5, 0.6) is 5.75 Å². The Hall–Kier alpha value is -1.69. The van der Waals surface area contributed by atoms with E-state index in [2.05, 4.69) is 0 Å². The highest BCUT2D eigenvalue weighted by Gasteiger charge is 2.27. The molecule has 0 spiro atoms. The van der Waals surface area contributed by atoms with Gasteiger partial charge in [0.15, 0.2) is 18.2 Å². The quantitative estimate of drug-likeness (QED) is 0.852. The van der Waals surface area contributed by atoms with Crippen molar-refractivity contribution >= 4 is 5.91 Å². The monoisotopic (exact) mass is 285 g/mol. The van der Waals surface area contributed by atoms with Gasteiger partial charge in [-0.1, -0.05) is 0 Å². The average Bonchev–Trinajstić information content (AvgIpc) is 2.40. The molecule has 2 rings (SSSR count). The fraction of sp³-hybridized carbons (Fsp3) is 0.500. The number of carbonyl (C=O) groups is 1. The Kier molecular flexibility index (Phi) is 4.54. The lowest BCUT2D eigenvalue weighted by Gasteiger charge is -2.36. The third-order valence-electron chi connectivity index (χ3n) is 3.17. The van der Waals surface area contributed by atoms with Gasteiger partial charge in [-0.15, -0.1) is 0 Å². The first-order valence-electron chi connectivity index (χ1n) is 6.46. The van der Waals surface area contributed by atoms with E-state index in [0.29, 0.717) is 13.2 Å². The molecule has 1 heterocycles. The number of carbonyl (C=O) groups excluding carboxylic acids is 1. The second-order valence-electron chi connectivity index (χ2n) is 4.90. The van der Waals surface area contributed by atoms with E-state index in [-0.39, 0.29) is 30.4 Å². The van der Waals surface area contributed by atoms with Gasteiger partial charge < -0.3 is 14.4 Å². The lowest BCUT2D eigenvalue weighted by Crippen LogP contribution is -2.51. The number of amides is 1. The Bertz CT molecular complexity index is 495. The Morgan fingerprint density at radius 1 is 1.45 bits per heavy atom. The topological polar surface area (TPSA) is 38.8 Å². The summed E-state index contributed by atoms with van der Waals surface area (Å²) in [6.45, 7) is 4.43. The summed E-state index contributed by atoms with van der Waals surface area (Å²) in [6, 6.07) is 2.94. The largest absolute Gasteiger partial charge is 0.481 e.